The Bertz CT molecular complexity index is 643. The molecule has 1 saturated heterocycles. The molecular formula is C14H19FN2O3S. The van der Waals surface area contributed by atoms with Crippen LogP contribution in [-0.4, -0.2) is 32.7 Å². The van der Waals surface area contributed by atoms with Gasteiger partial charge in [0.15, 0.2) is 0 Å². The Hall–Kier alpha value is -1.47. The van der Waals surface area contributed by atoms with E-state index in [0.29, 0.717) is 12.1 Å². The van der Waals surface area contributed by atoms with E-state index in [4.69, 9.17) is 0 Å². The fourth-order valence-electron chi connectivity index (χ4n) is 2.27. The molecule has 0 spiro atoms. The van der Waals surface area contributed by atoms with Crippen LogP contribution in [-0.2, 0) is 21.2 Å². The van der Waals surface area contributed by atoms with Crippen LogP contribution in [0.5, 0.6) is 0 Å². The number of hydrogen-bond acceptors (Lipinski definition) is 3. The second-order valence-corrected chi connectivity index (χ2v) is 7.79. The highest BCUT2D eigenvalue weighted by Crippen LogP contribution is 2.25. The third-order valence-corrected chi connectivity index (χ3v) is 4.99. The van der Waals surface area contributed by atoms with E-state index in [0.717, 1.165) is 0 Å². The molecule has 0 radical (unpaired) electrons. The number of benzene rings is 1. The summed E-state index contributed by atoms with van der Waals surface area (Å²) < 4.78 is 40.1. The average Bonchev–Trinajstić information content (AvgIpc) is 2.65. The number of nitrogens with one attached hydrogen (secondary N) is 2. The summed E-state index contributed by atoms with van der Waals surface area (Å²) in [4.78, 5) is 11.7. The Morgan fingerprint density at radius 1 is 1.38 bits per heavy atom. The summed E-state index contributed by atoms with van der Waals surface area (Å²) in [5.74, 6) is -1.01. The molecule has 7 heteroatoms. The largest absolute Gasteiger partial charge is 0.354 e. The Balaban J connectivity index is 2.03. The highest BCUT2D eigenvalue weighted by atomic mass is 32.2. The van der Waals surface area contributed by atoms with Crippen molar-refractivity contribution in [2.45, 2.75) is 26.3 Å². The monoisotopic (exact) mass is 314 g/mol. The zero-order valence-electron chi connectivity index (χ0n) is 12.0. The van der Waals surface area contributed by atoms with E-state index in [1.165, 1.54) is 6.07 Å². The summed E-state index contributed by atoms with van der Waals surface area (Å²) >= 11 is 0. The molecule has 0 bridgehead atoms. The van der Waals surface area contributed by atoms with E-state index < -0.39 is 27.3 Å². The first-order chi connectivity index (χ1) is 9.71. The first-order valence-electron chi connectivity index (χ1n) is 6.72. The zero-order valence-corrected chi connectivity index (χ0v) is 12.8. The number of carbonyl (C=O) groups excluding carboxylic acids is 1. The van der Waals surface area contributed by atoms with Crippen molar-refractivity contribution in [1.29, 1.82) is 0 Å². The Kier molecular flexibility index (Phi) is 4.34. The molecule has 1 aliphatic rings. The van der Waals surface area contributed by atoms with Gasteiger partial charge in [0.05, 0.1) is 5.75 Å². The predicted molar refractivity (Wildman–Crippen MR) is 77.6 cm³/mol. The predicted octanol–water partition coefficient (Wildman–Crippen LogP) is 0.812. The molecule has 5 nitrogen and oxygen atoms in total. The fourth-order valence-corrected chi connectivity index (χ4v) is 3.66. The van der Waals surface area contributed by atoms with Gasteiger partial charge in [-0.25, -0.2) is 17.5 Å². The molecule has 1 fully saturated rings. The lowest BCUT2D eigenvalue weighted by atomic mass is 9.88. The van der Waals surface area contributed by atoms with E-state index in [9.17, 15) is 17.6 Å². The number of aryl methyl sites for hydroxylation is 1. The van der Waals surface area contributed by atoms with Crippen molar-refractivity contribution in [3.63, 3.8) is 0 Å². The number of halogens is 1. The van der Waals surface area contributed by atoms with E-state index in [2.05, 4.69) is 10.0 Å². The summed E-state index contributed by atoms with van der Waals surface area (Å²) in [6, 6.07) is 5.27. The lowest BCUT2D eigenvalue weighted by Crippen LogP contribution is -2.47. The second kappa shape index (κ2) is 5.73. The Morgan fingerprint density at radius 3 is 2.62 bits per heavy atom. The van der Waals surface area contributed by atoms with E-state index in [1.54, 1.807) is 18.2 Å². The van der Waals surface area contributed by atoms with Crippen LogP contribution in [0.2, 0.25) is 0 Å². The lowest BCUT2D eigenvalue weighted by molar-refractivity contribution is -0.121. The van der Waals surface area contributed by atoms with Gasteiger partial charge in [-0.3, -0.25) is 4.79 Å². The topological polar surface area (TPSA) is 75.3 Å². The number of carbonyl (C=O) groups is 1. The summed E-state index contributed by atoms with van der Waals surface area (Å²) in [5, 5.41) is 2.64. The van der Waals surface area contributed by atoms with E-state index in [1.807, 2.05) is 13.8 Å². The van der Waals surface area contributed by atoms with Gasteiger partial charge in [-0.1, -0.05) is 32.0 Å². The van der Waals surface area contributed by atoms with Gasteiger partial charge in [0, 0.05) is 12.0 Å². The molecule has 1 atom stereocenters. The van der Waals surface area contributed by atoms with Crippen LogP contribution >= 0.6 is 0 Å². The molecule has 1 amide bonds. The Labute approximate surface area is 124 Å². The third-order valence-electron chi connectivity index (χ3n) is 3.66. The van der Waals surface area contributed by atoms with Crippen LogP contribution < -0.4 is 10.0 Å². The summed E-state index contributed by atoms with van der Waals surface area (Å²) in [5.41, 5.74) is -0.139. The van der Waals surface area contributed by atoms with Gasteiger partial charge in [-0.15, -0.1) is 0 Å². The van der Waals surface area contributed by atoms with Crippen LogP contribution in [0.4, 0.5) is 4.39 Å². The van der Waals surface area contributed by atoms with Crippen LogP contribution in [0.25, 0.3) is 0 Å². The number of hydrogen-bond donors (Lipinski definition) is 2. The zero-order chi connectivity index (χ0) is 15.7. The molecule has 1 aromatic rings. The summed E-state index contributed by atoms with van der Waals surface area (Å²) in [7, 11) is -3.66. The van der Waals surface area contributed by atoms with Gasteiger partial charge in [0.25, 0.3) is 0 Å². The van der Waals surface area contributed by atoms with Crippen molar-refractivity contribution in [3.8, 4) is 0 Å². The maximum Gasteiger partial charge on any atom is 0.238 e. The third kappa shape index (κ3) is 3.79. The molecule has 0 aliphatic carbocycles. The van der Waals surface area contributed by atoms with Gasteiger partial charge in [0.1, 0.15) is 11.9 Å². The Morgan fingerprint density at radius 2 is 2.05 bits per heavy atom. The second-order valence-electron chi connectivity index (χ2n) is 5.92. The standard InChI is InChI=1S/C14H19FN2O3S/c1-14(2)9-16-13(18)12(14)17-21(19,20)8-7-10-5-3-4-6-11(10)15/h3-6,12,17H,7-9H2,1-2H3,(H,16,18). The first-order valence-corrected chi connectivity index (χ1v) is 8.38. The molecule has 1 heterocycles. The maximum absolute atomic E-state index is 13.5. The van der Waals surface area contributed by atoms with Crippen LogP contribution in [0, 0.1) is 11.2 Å². The molecule has 21 heavy (non-hydrogen) atoms. The summed E-state index contributed by atoms with van der Waals surface area (Å²) in [6.45, 7) is 4.05. The summed E-state index contributed by atoms with van der Waals surface area (Å²) in [6.07, 6.45) is 0.0662. The van der Waals surface area contributed by atoms with E-state index in [-0.39, 0.29) is 18.1 Å². The minimum atomic E-state index is -3.66. The van der Waals surface area contributed by atoms with Crippen molar-refractivity contribution < 1.29 is 17.6 Å². The molecule has 1 aliphatic heterocycles. The van der Waals surface area contributed by atoms with Crippen LogP contribution in [0.15, 0.2) is 24.3 Å². The maximum atomic E-state index is 13.5. The van der Waals surface area contributed by atoms with Crippen LogP contribution in [0.1, 0.15) is 19.4 Å². The van der Waals surface area contributed by atoms with Crippen molar-refractivity contribution >= 4 is 15.9 Å². The highest BCUT2D eigenvalue weighted by molar-refractivity contribution is 7.89. The van der Waals surface area contributed by atoms with Crippen molar-refractivity contribution in [2.24, 2.45) is 5.41 Å². The highest BCUT2D eigenvalue weighted by Gasteiger charge is 2.43. The van der Waals surface area contributed by atoms with Crippen molar-refractivity contribution in [3.05, 3.63) is 35.6 Å². The minimum Gasteiger partial charge on any atom is -0.354 e. The smallest absolute Gasteiger partial charge is 0.238 e. The van der Waals surface area contributed by atoms with Gasteiger partial charge in [-0.05, 0) is 18.1 Å². The first kappa shape index (κ1) is 15.9. The molecule has 1 unspecified atom stereocenters. The quantitative estimate of drug-likeness (QED) is 0.844. The van der Waals surface area contributed by atoms with Crippen molar-refractivity contribution in [2.75, 3.05) is 12.3 Å². The van der Waals surface area contributed by atoms with Gasteiger partial charge in [0.2, 0.25) is 15.9 Å². The molecule has 1 aromatic carbocycles. The van der Waals surface area contributed by atoms with Gasteiger partial charge >= 0.3 is 0 Å². The number of rotatable bonds is 5. The SMILES string of the molecule is CC1(C)CNC(=O)C1NS(=O)(=O)CCc1ccccc1F. The molecular weight excluding hydrogens is 295 g/mol. The lowest BCUT2D eigenvalue weighted by Gasteiger charge is -2.24. The van der Waals surface area contributed by atoms with Crippen molar-refractivity contribution in [1.82, 2.24) is 10.0 Å². The fraction of sp³-hybridized carbons (Fsp3) is 0.500. The number of sulfonamides is 1. The molecule has 0 aromatic heterocycles. The number of amides is 1. The molecule has 0 saturated carbocycles. The van der Waals surface area contributed by atoms with Gasteiger partial charge in [-0.2, -0.15) is 0 Å². The molecule has 2 rings (SSSR count). The van der Waals surface area contributed by atoms with Crippen LogP contribution in [0.3, 0.4) is 0 Å². The normalized spacial score (nSPS) is 21.3. The average molecular weight is 314 g/mol. The molecule has 2 N–H and O–H groups in total. The minimum absolute atomic E-state index is 0.0662. The molecule has 116 valence electrons. The van der Waals surface area contributed by atoms with Gasteiger partial charge < -0.3 is 5.32 Å². The van der Waals surface area contributed by atoms with E-state index >= 15 is 0 Å².